The number of carbonyl (C=O) groups excluding carboxylic acids is 2. The van der Waals surface area contributed by atoms with Crippen LogP contribution in [0.1, 0.15) is 46.2 Å². The van der Waals surface area contributed by atoms with Crippen LogP contribution in [0.2, 0.25) is 0 Å². The average molecular weight is 349 g/mol. The first-order valence-corrected chi connectivity index (χ1v) is 9.37. The Morgan fingerprint density at radius 1 is 1.30 bits per heavy atom. The molecule has 1 aliphatic rings. The van der Waals surface area contributed by atoms with E-state index in [1.807, 2.05) is 23.8 Å². The van der Waals surface area contributed by atoms with E-state index in [1.165, 1.54) is 11.3 Å². The Bertz CT molecular complexity index is 692. The molecule has 1 fully saturated rings. The van der Waals surface area contributed by atoms with Gasteiger partial charge in [-0.3, -0.25) is 9.59 Å². The van der Waals surface area contributed by atoms with E-state index in [-0.39, 0.29) is 17.9 Å². The summed E-state index contributed by atoms with van der Waals surface area (Å²) >= 11 is 2.94. The van der Waals surface area contributed by atoms with Crippen molar-refractivity contribution in [3.8, 4) is 0 Å². The van der Waals surface area contributed by atoms with Crippen molar-refractivity contribution in [1.29, 1.82) is 0 Å². The molecule has 2 heterocycles. The monoisotopic (exact) mass is 349 g/mol. The molecule has 1 saturated carbocycles. The van der Waals surface area contributed by atoms with Crippen LogP contribution in [0.4, 0.5) is 0 Å². The van der Waals surface area contributed by atoms with Gasteiger partial charge in [0.05, 0.1) is 10.9 Å². The predicted molar refractivity (Wildman–Crippen MR) is 91.7 cm³/mol. The number of thiophene rings is 1. The topological polar surface area (TPSA) is 71.1 Å². The molecule has 0 aliphatic heterocycles. The van der Waals surface area contributed by atoms with E-state index < -0.39 is 6.04 Å². The summed E-state index contributed by atoms with van der Waals surface area (Å²) in [5, 5.41) is 10.6. The molecule has 2 N–H and O–H groups in total. The molecule has 5 nitrogen and oxygen atoms in total. The lowest BCUT2D eigenvalue weighted by Gasteiger charge is -2.19. The Balaban J connectivity index is 1.61. The minimum absolute atomic E-state index is 0.0395. The third-order valence-corrected chi connectivity index (χ3v) is 5.69. The molecule has 0 bridgehead atoms. The van der Waals surface area contributed by atoms with Gasteiger partial charge in [-0.15, -0.1) is 22.7 Å². The number of amides is 2. The summed E-state index contributed by atoms with van der Waals surface area (Å²) in [5.41, 5.74) is 0.976. The van der Waals surface area contributed by atoms with Crippen molar-refractivity contribution in [1.82, 2.24) is 15.6 Å². The highest BCUT2D eigenvalue weighted by molar-refractivity contribution is 7.12. The summed E-state index contributed by atoms with van der Waals surface area (Å²) in [6.07, 6.45) is 2.22. The van der Waals surface area contributed by atoms with Crippen LogP contribution < -0.4 is 10.6 Å². The number of carbonyl (C=O) groups is 2. The number of nitrogens with one attached hydrogen (secondary N) is 2. The van der Waals surface area contributed by atoms with Crippen LogP contribution >= 0.6 is 22.7 Å². The molecule has 2 aromatic heterocycles. The van der Waals surface area contributed by atoms with Crippen LogP contribution in [-0.4, -0.2) is 22.8 Å². The molecule has 23 heavy (non-hydrogen) atoms. The first-order valence-electron chi connectivity index (χ1n) is 7.61. The van der Waals surface area contributed by atoms with Gasteiger partial charge in [-0.1, -0.05) is 6.07 Å². The maximum absolute atomic E-state index is 12.4. The normalized spacial score (nSPS) is 16.6. The van der Waals surface area contributed by atoms with E-state index in [0.717, 1.165) is 23.5 Å². The number of aromatic nitrogens is 1. The molecule has 2 amide bonds. The summed E-state index contributed by atoms with van der Waals surface area (Å²) < 4.78 is 0. The quantitative estimate of drug-likeness (QED) is 0.842. The second kappa shape index (κ2) is 6.80. The van der Waals surface area contributed by atoms with E-state index in [4.69, 9.17) is 0 Å². The second-order valence-corrected chi connectivity index (χ2v) is 7.66. The SMILES string of the molecule is Cc1csc([C@@H](NC(=O)[C@@H](C)NC(=O)c2cccs2)C2CC2)n1. The maximum atomic E-state index is 12.4. The fourth-order valence-electron chi connectivity index (χ4n) is 2.35. The molecule has 0 aromatic carbocycles. The van der Waals surface area contributed by atoms with Crippen LogP contribution in [0.5, 0.6) is 0 Å². The molecule has 0 radical (unpaired) electrons. The van der Waals surface area contributed by atoms with E-state index in [9.17, 15) is 9.59 Å². The zero-order chi connectivity index (χ0) is 16.4. The van der Waals surface area contributed by atoms with Crippen molar-refractivity contribution in [3.05, 3.63) is 38.5 Å². The number of hydrogen-bond donors (Lipinski definition) is 2. The third-order valence-electron chi connectivity index (χ3n) is 3.78. The number of rotatable bonds is 6. The molecule has 2 atom stereocenters. The summed E-state index contributed by atoms with van der Waals surface area (Å²) in [6.45, 7) is 3.66. The van der Waals surface area contributed by atoms with Crippen LogP contribution in [-0.2, 0) is 4.79 Å². The van der Waals surface area contributed by atoms with Crippen molar-refractivity contribution in [2.45, 2.75) is 38.8 Å². The van der Waals surface area contributed by atoms with Crippen LogP contribution in [0.3, 0.4) is 0 Å². The lowest BCUT2D eigenvalue weighted by molar-refractivity contribution is -0.123. The van der Waals surface area contributed by atoms with Gasteiger partial charge in [0.25, 0.3) is 5.91 Å². The van der Waals surface area contributed by atoms with E-state index in [1.54, 1.807) is 24.3 Å². The molecule has 3 rings (SSSR count). The van der Waals surface area contributed by atoms with Gasteiger partial charge in [-0.2, -0.15) is 0 Å². The first kappa shape index (κ1) is 16.1. The van der Waals surface area contributed by atoms with Gasteiger partial charge in [0.1, 0.15) is 11.0 Å². The van der Waals surface area contributed by atoms with Gasteiger partial charge in [0.2, 0.25) is 5.91 Å². The number of hydrogen-bond acceptors (Lipinski definition) is 5. The standard InChI is InChI=1S/C16H19N3O2S2/c1-9-8-23-16(17-9)13(11-5-6-11)19-14(20)10(2)18-15(21)12-4-3-7-22-12/h3-4,7-8,10-11,13H,5-6H2,1-2H3,(H,18,21)(H,19,20)/t10-,13+/m1/s1. The molecule has 2 aromatic rings. The van der Waals surface area contributed by atoms with Crippen molar-refractivity contribution >= 4 is 34.5 Å². The summed E-state index contributed by atoms with van der Waals surface area (Å²) in [6, 6.07) is 2.95. The second-order valence-electron chi connectivity index (χ2n) is 5.82. The Morgan fingerprint density at radius 2 is 2.09 bits per heavy atom. The van der Waals surface area contributed by atoms with Gasteiger partial charge in [-0.05, 0) is 44.1 Å². The highest BCUT2D eigenvalue weighted by Crippen LogP contribution is 2.41. The Hall–Kier alpha value is -1.73. The van der Waals surface area contributed by atoms with E-state index >= 15 is 0 Å². The van der Waals surface area contributed by atoms with Crippen molar-refractivity contribution < 1.29 is 9.59 Å². The minimum Gasteiger partial charge on any atom is -0.345 e. The molecule has 0 saturated heterocycles. The molecular formula is C16H19N3O2S2. The van der Waals surface area contributed by atoms with Gasteiger partial charge in [-0.25, -0.2) is 4.98 Å². The van der Waals surface area contributed by atoms with Gasteiger partial charge >= 0.3 is 0 Å². The first-order chi connectivity index (χ1) is 11.0. The molecular weight excluding hydrogens is 330 g/mol. The summed E-state index contributed by atoms with van der Waals surface area (Å²) in [4.78, 5) is 29.6. The highest BCUT2D eigenvalue weighted by atomic mass is 32.1. The molecule has 1 aliphatic carbocycles. The van der Waals surface area contributed by atoms with Crippen molar-refractivity contribution in [3.63, 3.8) is 0 Å². The van der Waals surface area contributed by atoms with Crippen LogP contribution in [0.25, 0.3) is 0 Å². The largest absolute Gasteiger partial charge is 0.345 e. The lowest BCUT2D eigenvalue weighted by atomic mass is 10.1. The van der Waals surface area contributed by atoms with Crippen LogP contribution in [0, 0.1) is 12.8 Å². The number of aryl methyl sites for hydroxylation is 1. The fourth-order valence-corrected chi connectivity index (χ4v) is 3.91. The maximum Gasteiger partial charge on any atom is 0.261 e. The zero-order valence-electron chi connectivity index (χ0n) is 13.0. The molecule has 122 valence electrons. The molecule has 0 unspecified atom stereocenters. The number of thiazole rings is 1. The predicted octanol–water partition coefficient (Wildman–Crippen LogP) is 2.90. The molecule has 7 heteroatoms. The summed E-state index contributed by atoms with van der Waals surface area (Å²) in [7, 11) is 0. The van der Waals surface area contributed by atoms with Gasteiger partial charge in [0, 0.05) is 11.1 Å². The fraction of sp³-hybridized carbons (Fsp3) is 0.438. The Labute approximate surface area is 143 Å². The lowest BCUT2D eigenvalue weighted by Crippen LogP contribution is -2.46. The van der Waals surface area contributed by atoms with Gasteiger partial charge in [0.15, 0.2) is 0 Å². The smallest absolute Gasteiger partial charge is 0.261 e. The Morgan fingerprint density at radius 3 is 2.65 bits per heavy atom. The minimum atomic E-state index is -0.577. The van der Waals surface area contributed by atoms with Crippen LogP contribution in [0.15, 0.2) is 22.9 Å². The Kier molecular flexibility index (Phi) is 4.77. The average Bonchev–Trinajstić information content (AvgIpc) is 3.03. The third kappa shape index (κ3) is 3.97. The van der Waals surface area contributed by atoms with Gasteiger partial charge < -0.3 is 10.6 Å². The molecule has 0 spiro atoms. The summed E-state index contributed by atoms with van der Waals surface area (Å²) in [5.74, 6) is 0.0834. The van der Waals surface area contributed by atoms with E-state index in [2.05, 4.69) is 15.6 Å². The number of nitrogens with zero attached hydrogens (tertiary/aromatic N) is 1. The zero-order valence-corrected chi connectivity index (χ0v) is 14.7. The van der Waals surface area contributed by atoms with Crippen molar-refractivity contribution in [2.24, 2.45) is 5.92 Å². The highest BCUT2D eigenvalue weighted by Gasteiger charge is 2.36. The van der Waals surface area contributed by atoms with E-state index in [0.29, 0.717) is 10.8 Å². The van der Waals surface area contributed by atoms with Crippen molar-refractivity contribution in [2.75, 3.05) is 0 Å².